The largest absolute Gasteiger partial charge is 0.354 e. The van der Waals surface area contributed by atoms with Crippen LogP contribution in [0.25, 0.3) is 10.2 Å². The highest BCUT2D eigenvalue weighted by atomic mass is 32.1. The van der Waals surface area contributed by atoms with Gasteiger partial charge in [-0.3, -0.25) is 9.59 Å². The molecule has 1 N–H and O–H groups in total. The van der Waals surface area contributed by atoms with Gasteiger partial charge in [0.2, 0.25) is 0 Å². The lowest BCUT2D eigenvalue weighted by Crippen LogP contribution is -2.39. The van der Waals surface area contributed by atoms with Crippen LogP contribution in [0.1, 0.15) is 82.7 Å². The van der Waals surface area contributed by atoms with Crippen molar-refractivity contribution in [3.63, 3.8) is 0 Å². The number of carbonyl (C=O) groups is 2. The molecule has 0 radical (unpaired) electrons. The summed E-state index contributed by atoms with van der Waals surface area (Å²) in [4.78, 5) is 36.6. The van der Waals surface area contributed by atoms with Crippen molar-refractivity contribution in [1.82, 2.24) is 14.9 Å². The second-order valence-corrected chi connectivity index (χ2v) is 10.5. The van der Waals surface area contributed by atoms with E-state index in [9.17, 15) is 9.59 Å². The summed E-state index contributed by atoms with van der Waals surface area (Å²) in [5, 5.41) is 1.01. The van der Waals surface area contributed by atoms with Crippen molar-refractivity contribution in [2.24, 2.45) is 5.41 Å². The number of nitrogens with zero attached hydrogens (tertiary/aromatic N) is 2. The number of fused-ring (bicyclic) bond motifs is 2. The van der Waals surface area contributed by atoms with Crippen molar-refractivity contribution < 1.29 is 9.59 Å². The Morgan fingerprint density at radius 2 is 2.03 bits per heavy atom. The molecule has 30 heavy (non-hydrogen) atoms. The SMILES string of the molecule is Cc1c(C(=O)N2CCCCC2c2nc3ccccc3s2)[nH]c2c1C(=O)CC(C)(C)C2. The van der Waals surface area contributed by atoms with E-state index in [4.69, 9.17) is 4.98 Å². The standard InChI is InChI=1S/C24H27N3O2S/c1-14-20-16(12-24(2,3)13-18(20)28)25-21(14)23(29)27-11-7-6-9-17(27)22-26-15-8-4-5-10-19(15)30-22/h4-5,8,10,17,25H,6-7,9,11-13H2,1-3H3. The minimum absolute atomic E-state index is 0.00328. The summed E-state index contributed by atoms with van der Waals surface area (Å²) >= 11 is 1.68. The zero-order valence-electron chi connectivity index (χ0n) is 17.7. The average molecular weight is 422 g/mol. The van der Waals surface area contributed by atoms with Crippen molar-refractivity contribution in [3.8, 4) is 0 Å². The molecule has 3 heterocycles. The van der Waals surface area contributed by atoms with Gasteiger partial charge in [0, 0.05) is 24.2 Å². The van der Waals surface area contributed by atoms with Gasteiger partial charge in [0.1, 0.15) is 10.7 Å². The number of amides is 1. The topological polar surface area (TPSA) is 66.1 Å². The number of piperidine rings is 1. The maximum atomic E-state index is 13.7. The Morgan fingerprint density at radius 1 is 1.23 bits per heavy atom. The molecule has 1 saturated heterocycles. The Bertz CT molecular complexity index is 1120. The Kier molecular flexibility index (Phi) is 4.58. The van der Waals surface area contributed by atoms with Crippen LogP contribution in [0.4, 0.5) is 0 Å². The highest BCUT2D eigenvalue weighted by molar-refractivity contribution is 7.18. The Labute approximate surface area is 180 Å². The van der Waals surface area contributed by atoms with Crippen molar-refractivity contribution in [2.75, 3.05) is 6.54 Å². The lowest BCUT2D eigenvalue weighted by Gasteiger charge is -2.34. The van der Waals surface area contributed by atoms with E-state index in [-0.39, 0.29) is 23.1 Å². The van der Waals surface area contributed by atoms with Gasteiger partial charge >= 0.3 is 0 Å². The summed E-state index contributed by atoms with van der Waals surface area (Å²) in [6.45, 7) is 6.86. The normalized spacial score (nSPS) is 21.1. The Morgan fingerprint density at radius 3 is 2.83 bits per heavy atom. The molecule has 2 aromatic heterocycles. The minimum atomic E-state index is -0.0731. The molecule has 1 unspecified atom stereocenters. The van der Waals surface area contributed by atoms with Crippen LogP contribution in [0.2, 0.25) is 0 Å². The number of nitrogens with one attached hydrogen (secondary N) is 1. The van der Waals surface area contributed by atoms with Crippen LogP contribution in [-0.2, 0) is 6.42 Å². The molecule has 3 aromatic rings. The lowest BCUT2D eigenvalue weighted by atomic mass is 9.75. The van der Waals surface area contributed by atoms with Crippen LogP contribution in [0, 0.1) is 12.3 Å². The minimum Gasteiger partial charge on any atom is -0.354 e. The van der Waals surface area contributed by atoms with Crippen LogP contribution in [0.5, 0.6) is 0 Å². The molecule has 156 valence electrons. The molecule has 6 heteroatoms. The molecule has 5 nitrogen and oxygen atoms in total. The highest BCUT2D eigenvalue weighted by Crippen LogP contribution is 2.39. The molecule has 2 aliphatic rings. The summed E-state index contributed by atoms with van der Waals surface area (Å²) in [5.41, 5.74) is 3.98. The zero-order valence-corrected chi connectivity index (χ0v) is 18.6. The monoisotopic (exact) mass is 421 g/mol. The number of Topliss-reactive ketones (excluding diaryl/α,β-unsaturated/α-hetero) is 1. The van der Waals surface area contributed by atoms with Gasteiger partial charge in [-0.2, -0.15) is 0 Å². The molecule has 5 rings (SSSR count). The fourth-order valence-electron chi connectivity index (χ4n) is 5.05. The second kappa shape index (κ2) is 7.05. The third-order valence-corrected chi connectivity index (χ3v) is 7.61. The number of ketones is 1. The van der Waals surface area contributed by atoms with Crippen molar-refractivity contribution >= 4 is 33.2 Å². The van der Waals surface area contributed by atoms with E-state index in [2.05, 4.69) is 24.9 Å². The number of hydrogen-bond acceptors (Lipinski definition) is 4. The molecule has 0 spiro atoms. The molecule has 1 fully saturated rings. The van der Waals surface area contributed by atoms with E-state index in [1.165, 1.54) is 0 Å². The second-order valence-electron chi connectivity index (χ2n) is 9.45. The van der Waals surface area contributed by atoms with Crippen molar-refractivity contribution in [3.05, 3.63) is 51.8 Å². The summed E-state index contributed by atoms with van der Waals surface area (Å²) in [6, 6.07) is 8.14. The summed E-state index contributed by atoms with van der Waals surface area (Å²) in [6.07, 6.45) is 4.35. The smallest absolute Gasteiger partial charge is 0.271 e. The van der Waals surface area contributed by atoms with Crippen LogP contribution < -0.4 is 0 Å². The maximum absolute atomic E-state index is 13.7. The first kappa shape index (κ1) is 19.5. The summed E-state index contributed by atoms with van der Waals surface area (Å²) < 4.78 is 1.16. The zero-order chi connectivity index (χ0) is 21.0. The molecule has 1 amide bonds. The number of thiazole rings is 1. The first-order valence-corrected chi connectivity index (χ1v) is 11.6. The van der Waals surface area contributed by atoms with Gasteiger partial charge in [0.25, 0.3) is 5.91 Å². The van der Waals surface area contributed by atoms with Crippen LogP contribution in [0.3, 0.4) is 0 Å². The number of aromatic nitrogens is 2. The quantitative estimate of drug-likeness (QED) is 0.598. The lowest BCUT2D eigenvalue weighted by molar-refractivity contribution is 0.0605. The molecule has 1 aliphatic carbocycles. The van der Waals surface area contributed by atoms with Gasteiger partial charge in [-0.25, -0.2) is 4.98 Å². The van der Waals surface area contributed by atoms with Gasteiger partial charge in [-0.1, -0.05) is 26.0 Å². The van der Waals surface area contributed by atoms with Crippen LogP contribution >= 0.6 is 11.3 Å². The fraction of sp³-hybridized carbons (Fsp3) is 0.458. The first-order valence-electron chi connectivity index (χ1n) is 10.8. The first-order chi connectivity index (χ1) is 14.3. The molecule has 1 aliphatic heterocycles. The number of aromatic amines is 1. The van der Waals surface area contributed by atoms with Gasteiger partial charge in [0.15, 0.2) is 5.78 Å². The van der Waals surface area contributed by atoms with Gasteiger partial charge in [-0.15, -0.1) is 11.3 Å². The molecular weight excluding hydrogens is 394 g/mol. The molecular formula is C24H27N3O2S. The number of H-pyrrole nitrogens is 1. The molecule has 1 aromatic carbocycles. The predicted octanol–water partition coefficient (Wildman–Crippen LogP) is 5.46. The van der Waals surface area contributed by atoms with E-state index in [1.807, 2.05) is 30.0 Å². The van der Waals surface area contributed by atoms with Crippen molar-refractivity contribution in [2.45, 2.75) is 58.9 Å². The number of rotatable bonds is 2. The third kappa shape index (κ3) is 3.18. The third-order valence-electron chi connectivity index (χ3n) is 6.47. The number of hydrogen-bond donors (Lipinski definition) is 1. The number of carbonyl (C=O) groups excluding carboxylic acids is 2. The van der Waals surface area contributed by atoms with Gasteiger partial charge in [-0.05, 0) is 55.7 Å². The van der Waals surface area contributed by atoms with E-state index < -0.39 is 0 Å². The maximum Gasteiger partial charge on any atom is 0.271 e. The number of para-hydroxylation sites is 1. The average Bonchev–Trinajstić information content (AvgIpc) is 3.27. The van der Waals surface area contributed by atoms with Crippen molar-refractivity contribution in [1.29, 1.82) is 0 Å². The van der Waals surface area contributed by atoms with E-state index >= 15 is 0 Å². The molecule has 0 saturated carbocycles. The molecule has 0 bridgehead atoms. The predicted molar refractivity (Wildman–Crippen MR) is 119 cm³/mol. The number of likely N-dealkylation sites (tertiary alicyclic amines) is 1. The summed E-state index contributed by atoms with van der Waals surface area (Å²) in [7, 11) is 0. The molecule has 1 atom stereocenters. The van der Waals surface area contributed by atoms with E-state index in [0.29, 0.717) is 12.1 Å². The summed E-state index contributed by atoms with van der Waals surface area (Å²) in [5.74, 6) is 0.145. The van der Waals surface area contributed by atoms with E-state index in [0.717, 1.165) is 64.3 Å². The fourth-order valence-corrected chi connectivity index (χ4v) is 6.17. The number of benzene rings is 1. The van der Waals surface area contributed by atoms with Gasteiger partial charge < -0.3 is 9.88 Å². The Hall–Kier alpha value is -2.47. The van der Waals surface area contributed by atoms with Crippen LogP contribution in [-0.4, -0.2) is 33.1 Å². The Balaban J connectivity index is 1.51. The van der Waals surface area contributed by atoms with E-state index in [1.54, 1.807) is 11.3 Å². The van der Waals surface area contributed by atoms with Crippen LogP contribution in [0.15, 0.2) is 24.3 Å². The highest BCUT2D eigenvalue weighted by Gasteiger charge is 2.38. The van der Waals surface area contributed by atoms with Gasteiger partial charge in [0.05, 0.1) is 16.3 Å².